The molecule has 0 radical (unpaired) electrons. The Morgan fingerprint density at radius 2 is 2.33 bits per heavy atom. The third-order valence-electron chi connectivity index (χ3n) is 5.76. The second-order valence-electron chi connectivity index (χ2n) is 7.52. The number of nitrogens with zero attached hydrogens (tertiary/aromatic N) is 5. The molecular formula is C19H26N6O2. The normalized spacial score (nSPS) is 26.9. The Morgan fingerprint density at radius 3 is 3.07 bits per heavy atom. The topological polar surface area (TPSA) is 96.2 Å². The first-order chi connectivity index (χ1) is 13.2. The van der Waals surface area contributed by atoms with Crippen molar-refractivity contribution in [2.75, 3.05) is 19.7 Å². The van der Waals surface area contributed by atoms with Crippen LogP contribution < -0.4 is 5.32 Å². The van der Waals surface area contributed by atoms with Crippen molar-refractivity contribution < 1.29 is 9.90 Å². The van der Waals surface area contributed by atoms with Crippen LogP contribution in [0, 0.1) is 11.8 Å². The largest absolute Gasteiger partial charge is 0.396 e. The quantitative estimate of drug-likeness (QED) is 0.725. The van der Waals surface area contributed by atoms with Gasteiger partial charge in [0.15, 0.2) is 0 Å². The van der Waals surface area contributed by atoms with Gasteiger partial charge in [0.05, 0.1) is 18.2 Å². The summed E-state index contributed by atoms with van der Waals surface area (Å²) in [6, 6.07) is 4.26. The van der Waals surface area contributed by atoms with E-state index in [9.17, 15) is 4.79 Å². The molecule has 27 heavy (non-hydrogen) atoms. The molecule has 0 spiro atoms. The van der Waals surface area contributed by atoms with Gasteiger partial charge in [0, 0.05) is 50.7 Å². The van der Waals surface area contributed by atoms with Gasteiger partial charge in [-0.05, 0) is 36.9 Å². The molecule has 0 aliphatic carbocycles. The number of piperidine rings is 3. The van der Waals surface area contributed by atoms with Crippen molar-refractivity contribution in [3.05, 3.63) is 42.0 Å². The molecule has 8 heteroatoms. The maximum absolute atomic E-state index is 12.7. The Morgan fingerprint density at radius 1 is 1.41 bits per heavy atom. The van der Waals surface area contributed by atoms with Gasteiger partial charge in [-0.2, -0.15) is 0 Å². The summed E-state index contributed by atoms with van der Waals surface area (Å²) in [6.45, 7) is 3.27. The van der Waals surface area contributed by atoms with E-state index in [1.54, 1.807) is 12.4 Å². The Bertz CT molecular complexity index is 765. The molecule has 5 heterocycles. The van der Waals surface area contributed by atoms with Gasteiger partial charge in [0.2, 0.25) is 5.91 Å². The minimum atomic E-state index is 0.0624. The Labute approximate surface area is 158 Å². The van der Waals surface area contributed by atoms with Gasteiger partial charge in [0.1, 0.15) is 0 Å². The molecule has 4 unspecified atom stereocenters. The summed E-state index contributed by atoms with van der Waals surface area (Å²) in [5, 5.41) is 20.4. The number of aromatic nitrogens is 4. The molecular weight excluding hydrogens is 344 g/mol. The number of carbonyl (C=O) groups is 1. The maximum atomic E-state index is 12.7. The van der Waals surface area contributed by atoms with Gasteiger partial charge in [-0.1, -0.05) is 11.3 Å². The second-order valence-corrected chi connectivity index (χ2v) is 7.52. The lowest BCUT2D eigenvalue weighted by atomic mass is 9.75. The number of rotatable bonds is 7. The molecule has 2 aromatic rings. The molecule has 5 rings (SSSR count). The molecule has 3 saturated heterocycles. The van der Waals surface area contributed by atoms with Crippen molar-refractivity contribution >= 4 is 5.91 Å². The lowest BCUT2D eigenvalue weighted by Gasteiger charge is -2.49. The fourth-order valence-corrected chi connectivity index (χ4v) is 4.32. The summed E-state index contributed by atoms with van der Waals surface area (Å²) < 4.78 is 1.87. The highest BCUT2D eigenvalue weighted by Gasteiger charge is 2.43. The van der Waals surface area contributed by atoms with E-state index in [0.29, 0.717) is 24.9 Å². The first-order valence-electron chi connectivity index (χ1n) is 9.63. The number of hydrogen-bond donors (Lipinski definition) is 2. The molecule has 144 valence electrons. The molecule has 0 saturated carbocycles. The van der Waals surface area contributed by atoms with Crippen molar-refractivity contribution in [3.8, 4) is 0 Å². The smallest absolute Gasteiger partial charge is 0.224 e. The second kappa shape index (κ2) is 8.14. The highest BCUT2D eigenvalue weighted by molar-refractivity contribution is 5.79. The number of fused-ring (bicyclic) bond motifs is 3. The summed E-state index contributed by atoms with van der Waals surface area (Å²) in [5.74, 6) is 0.639. The summed E-state index contributed by atoms with van der Waals surface area (Å²) in [5.41, 5.74) is 1.84. The average molecular weight is 370 g/mol. The van der Waals surface area contributed by atoms with Crippen LogP contribution in [0.3, 0.4) is 0 Å². The van der Waals surface area contributed by atoms with Gasteiger partial charge in [-0.3, -0.25) is 19.4 Å². The van der Waals surface area contributed by atoms with Crippen LogP contribution in [-0.4, -0.2) is 61.6 Å². The van der Waals surface area contributed by atoms with Gasteiger partial charge >= 0.3 is 0 Å². The van der Waals surface area contributed by atoms with Crippen molar-refractivity contribution in [1.29, 1.82) is 0 Å². The third-order valence-corrected chi connectivity index (χ3v) is 5.76. The summed E-state index contributed by atoms with van der Waals surface area (Å²) in [6.07, 6.45) is 8.07. The molecule has 8 nitrogen and oxygen atoms in total. The van der Waals surface area contributed by atoms with Crippen molar-refractivity contribution in [3.63, 3.8) is 0 Å². The van der Waals surface area contributed by atoms with Gasteiger partial charge in [-0.25, -0.2) is 0 Å². The van der Waals surface area contributed by atoms with E-state index in [2.05, 4.69) is 25.5 Å². The van der Waals surface area contributed by atoms with E-state index in [0.717, 1.165) is 43.7 Å². The van der Waals surface area contributed by atoms with Crippen LogP contribution in [-0.2, 0) is 24.3 Å². The lowest BCUT2D eigenvalue weighted by Crippen LogP contribution is -2.58. The van der Waals surface area contributed by atoms with Crippen LogP contribution in [0.5, 0.6) is 0 Å². The minimum absolute atomic E-state index is 0.0624. The Kier molecular flexibility index (Phi) is 5.45. The van der Waals surface area contributed by atoms with E-state index in [1.807, 2.05) is 23.0 Å². The zero-order valence-corrected chi connectivity index (χ0v) is 15.4. The van der Waals surface area contributed by atoms with Gasteiger partial charge in [-0.15, -0.1) is 5.10 Å². The maximum Gasteiger partial charge on any atom is 0.224 e. The molecule has 2 N–H and O–H groups in total. The van der Waals surface area contributed by atoms with E-state index < -0.39 is 0 Å². The van der Waals surface area contributed by atoms with Crippen LogP contribution >= 0.6 is 0 Å². The van der Waals surface area contributed by atoms with Crippen LogP contribution in [0.2, 0.25) is 0 Å². The van der Waals surface area contributed by atoms with E-state index >= 15 is 0 Å². The molecule has 0 aromatic carbocycles. The number of amides is 1. The number of aliphatic hydroxyl groups is 1. The van der Waals surface area contributed by atoms with Gasteiger partial charge in [0.25, 0.3) is 0 Å². The zero-order chi connectivity index (χ0) is 18.6. The number of aliphatic hydroxyl groups excluding tert-OH is 1. The number of pyridine rings is 1. The predicted molar refractivity (Wildman–Crippen MR) is 98.5 cm³/mol. The van der Waals surface area contributed by atoms with Crippen LogP contribution in [0.4, 0.5) is 0 Å². The standard InChI is InChI=1S/C19H26N6O2/c26-7-4-16-11-25(23-22-16)12-17-8-15-3-6-24(17)13-18(15)19(27)21-10-14-2-1-5-20-9-14/h1-2,5,9,11,15,17-18,26H,3-4,6-8,10,12-13H2,(H,21,27). The van der Waals surface area contributed by atoms with E-state index in [4.69, 9.17) is 5.11 Å². The Hall–Kier alpha value is -2.32. The fraction of sp³-hybridized carbons (Fsp3) is 0.579. The number of carbonyl (C=O) groups excluding carboxylic acids is 1. The zero-order valence-electron chi connectivity index (χ0n) is 15.4. The molecule has 3 aliphatic rings. The molecule has 3 fully saturated rings. The van der Waals surface area contributed by atoms with E-state index in [1.165, 1.54) is 0 Å². The van der Waals surface area contributed by atoms with Crippen LogP contribution in [0.15, 0.2) is 30.7 Å². The van der Waals surface area contributed by atoms with Crippen molar-refractivity contribution in [2.24, 2.45) is 11.8 Å². The van der Waals surface area contributed by atoms with Crippen molar-refractivity contribution in [1.82, 2.24) is 30.2 Å². The summed E-state index contributed by atoms with van der Waals surface area (Å²) in [7, 11) is 0. The average Bonchev–Trinajstić information content (AvgIpc) is 3.14. The molecule has 4 atom stereocenters. The molecule has 2 bridgehead atoms. The number of nitrogens with one attached hydrogen (secondary N) is 1. The fourth-order valence-electron chi connectivity index (χ4n) is 4.32. The molecule has 1 amide bonds. The van der Waals surface area contributed by atoms with Crippen LogP contribution in [0.25, 0.3) is 0 Å². The van der Waals surface area contributed by atoms with Crippen molar-refractivity contribution in [2.45, 2.75) is 38.4 Å². The monoisotopic (exact) mass is 370 g/mol. The predicted octanol–water partition coefficient (Wildman–Crippen LogP) is 0.235. The first-order valence-corrected chi connectivity index (χ1v) is 9.63. The van der Waals surface area contributed by atoms with Gasteiger partial charge < -0.3 is 10.4 Å². The SMILES string of the molecule is O=C(NCc1cccnc1)C1CN2CCC1CC2Cn1cc(CCO)nn1. The summed E-state index contributed by atoms with van der Waals surface area (Å²) in [4.78, 5) is 19.2. The lowest BCUT2D eigenvalue weighted by molar-refractivity contribution is -0.133. The Balaban J connectivity index is 1.32. The molecule has 3 aliphatic heterocycles. The summed E-state index contributed by atoms with van der Waals surface area (Å²) >= 11 is 0. The highest BCUT2D eigenvalue weighted by atomic mass is 16.3. The minimum Gasteiger partial charge on any atom is -0.396 e. The third kappa shape index (κ3) is 4.17. The first kappa shape index (κ1) is 18.1. The highest BCUT2D eigenvalue weighted by Crippen LogP contribution is 2.36. The van der Waals surface area contributed by atoms with Crippen LogP contribution in [0.1, 0.15) is 24.1 Å². The van der Waals surface area contributed by atoms with E-state index in [-0.39, 0.29) is 18.4 Å². The number of hydrogen-bond acceptors (Lipinski definition) is 6. The molecule has 2 aromatic heterocycles.